The Kier molecular flexibility index (Phi) is 47.7. The van der Waals surface area contributed by atoms with Crippen molar-refractivity contribution in [1.29, 1.82) is 0 Å². The number of hydrogen-bond acceptors (Lipinski definition) is 34. The molecule has 738 valence electrons. The summed E-state index contributed by atoms with van der Waals surface area (Å²) in [5.74, 6) is -1.98. The van der Waals surface area contributed by atoms with E-state index in [-0.39, 0.29) is 121 Å². The molecule has 132 heavy (non-hydrogen) atoms. The molecule has 9 amide bonds. The number of alkyl carbamates (subject to hydrolysis) is 2. The van der Waals surface area contributed by atoms with Crippen LogP contribution in [0.5, 0.6) is 6.01 Å². The smallest absolute Gasteiger partial charge is 0.407 e. The summed E-state index contributed by atoms with van der Waals surface area (Å²) in [6.07, 6.45) is 7.60. The summed E-state index contributed by atoms with van der Waals surface area (Å²) in [5, 5.41) is 40.1. The van der Waals surface area contributed by atoms with Crippen molar-refractivity contribution in [3.05, 3.63) is 64.0 Å². The number of carbonyl (C=O) groups is 9. The van der Waals surface area contributed by atoms with Crippen molar-refractivity contribution in [2.45, 2.75) is 154 Å². The summed E-state index contributed by atoms with van der Waals surface area (Å²) in [4.78, 5) is 146. The Bertz CT molecular complexity index is 4310. The molecule has 17 N–H and O–H groups in total. The molecule has 3 aromatic heterocycles. The third kappa shape index (κ3) is 39.1. The average molecular weight is 1890 g/mol. The van der Waals surface area contributed by atoms with E-state index in [9.17, 15) is 52.5 Å². The van der Waals surface area contributed by atoms with Crippen LogP contribution in [0.1, 0.15) is 120 Å². The number of carboxylic acids is 1. The number of primary amides is 2. The molecule has 1 saturated carbocycles. The maximum atomic E-state index is 14.6. The van der Waals surface area contributed by atoms with Gasteiger partial charge in [-0.25, -0.2) is 33.2 Å². The van der Waals surface area contributed by atoms with E-state index >= 15 is 0 Å². The third-order valence-electron chi connectivity index (χ3n) is 22.0. The Hall–Kier alpha value is -10.2. The summed E-state index contributed by atoms with van der Waals surface area (Å²) in [6.45, 7) is 12.0. The fourth-order valence-electron chi connectivity index (χ4n) is 14.7. The summed E-state index contributed by atoms with van der Waals surface area (Å²) >= 11 is 0. The minimum Gasteiger partial charge on any atom is -0.480 e. The third-order valence-corrected chi connectivity index (χ3v) is 24.6. The van der Waals surface area contributed by atoms with Crippen LogP contribution in [0.15, 0.2) is 41.3 Å². The van der Waals surface area contributed by atoms with Gasteiger partial charge in [0.15, 0.2) is 6.23 Å². The van der Waals surface area contributed by atoms with Crippen LogP contribution in [0.2, 0.25) is 0 Å². The van der Waals surface area contributed by atoms with Crippen molar-refractivity contribution in [3.8, 4) is 6.01 Å². The zero-order chi connectivity index (χ0) is 95.0. The Morgan fingerprint density at radius 2 is 1.27 bits per heavy atom. The number of ether oxygens (including phenoxy) is 11. The first-order chi connectivity index (χ1) is 63.6. The zero-order valence-electron chi connectivity index (χ0n) is 76.4. The molecule has 2 aliphatic heterocycles. The number of nitrogens with one attached hydrogen (secondary N) is 8. The van der Waals surface area contributed by atoms with E-state index < -0.39 is 91.6 Å². The number of hydrogen-bond donors (Lipinski definition) is 13. The molecule has 49 heteroatoms. The van der Waals surface area contributed by atoms with Crippen LogP contribution in [0.25, 0.3) is 0 Å². The van der Waals surface area contributed by atoms with E-state index in [1.54, 1.807) is 68.6 Å². The van der Waals surface area contributed by atoms with E-state index in [0.29, 0.717) is 199 Å². The van der Waals surface area contributed by atoms with E-state index in [2.05, 4.69) is 72.8 Å². The van der Waals surface area contributed by atoms with Gasteiger partial charge in [-0.3, -0.25) is 37.9 Å². The fraction of sp³-hybridized carbons (Fsp3) is 0.711. The maximum absolute atomic E-state index is 14.6. The van der Waals surface area contributed by atoms with Crippen molar-refractivity contribution < 1.29 is 109 Å². The first kappa shape index (κ1) is 107. The van der Waals surface area contributed by atoms with Crippen LogP contribution in [-0.4, -0.2) is 337 Å². The number of anilines is 4. The highest BCUT2D eigenvalue weighted by molar-refractivity contribution is 7.53. The van der Waals surface area contributed by atoms with Gasteiger partial charge < -0.3 is 137 Å². The number of unbranched alkanes of at least 4 members (excludes halogenated alkanes) is 4. The number of fused-ring (bicyclic) bond motifs is 2. The molecule has 48 nitrogen and oxygen atoms in total. The van der Waals surface area contributed by atoms with Crippen LogP contribution in [-0.2, 0) is 111 Å². The minimum absolute atomic E-state index is 0.0292. The highest BCUT2D eigenvalue weighted by Gasteiger charge is 2.50. The van der Waals surface area contributed by atoms with E-state index in [4.69, 9.17) is 84.7 Å². The van der Waals surface area contributed by atoms with Gasteiger partial charge in [0.2, 0.25) is 41.4 Å². The monoisotopic (exact) mass is 1880 g/mol. The molecule has 1 aromatic carbocycles. The lowest BCUT2D eigenvalue weighted by Gasteiger charge is -2.41. The number of aryl methyl sites for hydroxylation is 1. The van der Waals surface area contributed by atoms with Crippen molar-refractivity contribution in [2.24, 2.45) is 40.9 Å². The van der Waals surface area contributed by atoms with Crippen LogP contribution in [0.3, 0.4) is 0 Å². The molecule has 2 saturated heterocycles. The number of amides is 9. The fourth-order valence-corrected chi connectivity index (χ4v) is 16.6. The van der Waals surface area contributed by atoms with Gasteiger partial charge in [-0.05, 0) is 139 Å². The number of benzene rings is 1. The Morgan fingerprint density at radius 1 is 0.644 bits per heavy atom. The highest BCUT2D eigenvalue weighted by atomic mass is 31.2. The van der Waals surface area contributed by atoms with Crippen molar-refractivity contribution in [2.75, 3.05) is 226 Å². The predicted octanol–water partition coefficient (Wildman–Crippen LogP) is 0.159. The molecule has 0 radical (unpaired) electrons. The molecule has 0 spiro atoms. The lowest BCUT2D eigenvalue weighted by atomic mass is 10.0. The van der Waals surface area contributed by atoms with E-state index in [1.807, 2.05) is 9.58 Å². The summed E-state index contributed by atoms with van der Waals surface area (Å²) in [6, 6.07) is 4.41. The summed E-state index contributed by atoms with van der Waals surface area (Å²) in [7, 11) is 1.41. The van der Waals surface area contributed by atoms with Crippen molar-refractivity contribution in [1.82, 2.24) is 86.1 Å². The number of aliphatic carboxylic acids is 1. The second kappa shape index (κ2) is 58.7. The van der Waals surface area contributed by atoms with Crippen molar-refractivity contribution in [3.63, 3.8) is 0 Å². The number of nitrogens with zero attached hydrogens (tertiary/aromatic N) is 12. The number of morpholine rings is 1. The maximum Gasteiger partial charge on any atom is 0.407 e. The molecular formula is C83H137N24O24P. The molecule has 5 heterocycles. The van der Waals surface area contributed by atoms with Gasteiger partial charge in [-0.2, -0.15) is 19.9 Å². The van der Waals surface area contributed by atoms with Crippen LogP contribution in [0.4, 0.5) is 37.8 Å². The standard InChI is InChI=1S/C83H137N24O24P/c1-57(2)73(96-71(110)25-38-121-42-46-124-48-44-123-40-35-107-67-22-20-62-61(19-21-65(67)100-101-107)63(62)56-129-83(118)92-29-39-122-43-47-126-50-49-125-45-41-120-37-24-70(109)89-26-10-8-13-64(84)76(113)114)75(112)94-66(14-12-28-90-77(87)115)74(111)93-59-17-15-58(16-18-59)54-128-82(117)91-27-9-6-7-11-36-127-80-98-78(103(5)53-69(86)108)97-79(99-80)104-31-33-105(34-32-104)132(119,102(3)4)130-55-60-51-88-52-72(131-60)106-30-23-68(85)95-81(106)116/h15-18,23,30,57,60-64,66,72-73,88H,6-14,19-22,24-29,31-56,84H2,1-5H3,(H2,86,108)(H,89,109)(H,91,117)(H,92,118)(H,93,111)(H,94,112)(H,96,110)(H,113,114)(H2,85,95,116)(H3,87,90,115)/t60-,61-,62+,63-,64-,66+,72+,73-,132?/m0/s1. The van der Waals surface area contributed by atoms with Crippen LogP contribution in [0, 0.1) is 23.7 Å². The van der Waals surface area contributed by atoms with Crippen molar-refractivity contribution >= 4 is 84.8 Å². The van der Waals surface area contributed by atoms with Gasteiger partial charge in [-0.1, -0.05) is 37.6 Å². The number of piperazine rings is 1. The van der Waals surface area contributed by atoms with Gasteiger partial charge in [0.05, 0.1) is 143 Å². The molecule has 0 bridgehead atoms. The predicted molar refractivity (Wildman–Crippen MR) is 480 cm³/mol. The van der Waals surface area contributed by atoms with Gasteiger partial charge in [-0.15, -0.1) is 5.10 Å². The number of nitrogens with two attached hydrogens (primary N) is 4. The molecule has 2 aliphatic carbocycles. The van der Waals surface area contributed by atoms with Crippen LogP contribution >= 0.6 is 7.67 Å². The number of carbonyl (C=O) groups excluding carboxylic acids is 8. The molecule has 9 atom stereocenters. The number of aromatic nitrogens is 8. The number of likely N-dealkylation sites (N-methyl/N-ethyl adjacent to an activating group) is 1. The van der Waals surface area contributed by atoms with E-state index in [1.165, 1.54) is 21.7 Å². The molecule has 4 aromatic rings. The lowest BCUT2D eigenvalue weighted by molar-refractivity contribution is -0.138. The minimum atomic E-state index is -3.57. The first-order valence-corrected chi connectivity index (χ1v) is 46.7. The van der Waals surface area contributed by atoms with Gasteiger partial charge in [0, 0.05) is 97.2 Å². The topological polar surface area (TPSA) is 619 Å². The number of nitrogen functional groups attached to an aromatic ring is 1. The molecule has 8 rings (SSSR count). The largest absolute Gasteiger partial charge is 0.480 e. The molecular weight excluding hydrogens is 1750 g/mol. The Morgan fingerprint density at radius 3 is 1.92 bits per heavy atom. The second-order valence-electron chi connectivity index (χ2n) is 32.6. The second-order valence-corrected chi connectivity index (χ2v) is 35.2. The molecule has 4 aliphatic rings. The van der Waals surface area contributed by atoms with Crippen LogP contribution < -0.4 is 85.7 Å². The van der Waals surface area contributed by atoms with Gasteiger partial charge in [0.25, 0.3) is 0 Å². The summed E-state index contributed by atoms with van der Waals surface area (Å²) in [5.41, 5.74) is 24.5. The van der Waals surface area contributed by atoms with Gasteiger partial charge in [0.1, 0.15) is 30.6 Å². The normalized spacial score (nSPS) is 17.8. The Balaban J connectivity index is 0.624. The first-order valence-electron chi connectivity index (χ1n) is 45.2. The SMILES string of the molecule is CC(C)[C@H](NC(=O)CCOCCOCCOCCn1nnc2c1CC[C@@H]1[C@H](CC2)[C@@H]1COC(=O)NCCOCCOCCOCCOCCC(=O)NCCCC[C@H](N)C(=O)O)C(=O)N[C@H](CCCNC(N)=O)C(=O)Nc1ccc(COC(=O)NCCCCCCOc2nc(N(C)CC(N)=O)nc(N3CCN(P(=O)(OC[C@@H]4CNC[C@H](n5ccc(N)nc5=O)O4)N(C)C)CC3)n2)cc1. The van der Waals surface area contributed by atoms with E-state index in [0.717, 1.165) is 49.9 Å². The van der Waals surface area contributed by atoms with Gasteiger partial charge >= 0.3 is 43.6 Å². The molecule has 1 unspecified atom stereocenters. The quantitative estimate of drug-likeness (QED) is 0.0207. The number of urea groups is 1. The Labute approximate surface area is 768 Å². The number of rotatable bonds is 65. The zero-order valence-corrected chi connectivity index (χ0v) is 77.3. The summed E-state index contributed by atoms with van der Waals surface area (Å²) < 4.78 is 89.8. The number of carboxylic acid groups (broad SMARTS) is 1. The molecule has 3 fully saturated rings. The highest BCUT2D eigenvalue weighted by Crippen LogP contribution is 2.54. The average Bonchev–Trinajstić information content (AvgIpc) is 1.61. The lowest BCUT2D eigenvalue weighted by Crippen LogP contribution is -2.54.